The van der Waals surface area contributed by atoms with Crippen LogP contribution < -0.4 is 5.32 Å². The first-order chi connectivity index (χ1) is 9.86. The largest absolute Gasteiger partial charge is 0.481 e. The number of carbonyl (C=O) groups is 2. The monoisotopic (exact) mass is 294 g/mol. The Kier molecular flexibility index (Phi) is 5.83. The van der Waals surface area contributed by atoms with Crippen molar-refractivity contribution >= 4 is 17.6 Å². The van der Waals surface area contributed by atoms with Crippen molar-refractivity contribution in [1.29, 1.82) is 0 Å². The summed E-state index contributed by atoms with van der Waals surface area (Å²) in [5.74, 6) is -2.01. The van der Waals surface area contributed by atoms with Gasteiger partial charge in [0.2, 0.25) is 0 Å². The van der Waals surface area contributed by atoms with Gasteiger partial charge in [-0.3, -0.25) is 19.7 Å². The van der Waals surface area contributed by atoms with Crippen molar-refractivity contribution < 1.29 is 19.6 Å². The number of carbonyl (C=O) groups excluding carboxylic acids is 1. The van der Waals surface area contributed by atoms with Crippen molar-refractivity contribution in [2.75, 3.05) is 6.54 Å². The van der Waals surface area contributed by atoms with Crippen LogP contribution in [-0.4, -0.2) is 28.5 Å². The molecule has 1 rings (SSSR count). The van der Waals surface area contributed by atoms with E-state index in [2.05, 4.69) is 5.32 Å². The number of carboxylic acids is 1. The molecule has 0 saturated carbocycles. The zero-order chi connectivity index (χ0) is 16.0. The van der Waals surface area contributed by atoms with Gasteiger partial charge in [-0.15, -0.1) is 0 Å². The van der Waals surface area contributed by atoms with E-state index in [0.29, 0.717) is 18.4 Å². The Bertz CT molecular complexity index is 556. The van der Waals surface area contributed by atoms with Crippen LogP contribution in [0.4, 0.5) is 5.69 Å². The number of carboxylic acid groups (broad SMARTS) is 1. The van der Waals surface area contributed by atoms with E-state index in [9.17, 15) is 19.7 Å². The highest BCUT2D eigenvalue weighted by Gasteiger charge is 2.18. The summed E-state index contributed by atoms with van der Waals surface area (Å²) < 4.78 is 0. The normalized spacial score (nSPS) is 11.7. The number of hydrogen-bond donors (Lipinski definition) is 2. The van der Waals surface area contributed by atoms with Crippen LogP contribution in [0.1, 0.15) is 35.7 Å². The highest BCUT2D eigenvalue weighted by molar-refractivity contribution is 5.94. The van der Waals surface area contributed by atoms with Crippen LogP contribution in [-0.2, 0) is 4.79 Å². The maximum atomic E-state index is 11.9. The number of nitrogens with zero attached hydrogens (tertiary/aromatic N) is 1. The van der Waals surface area contributed by atoms with E-state index in [1.807, 2.05) is 6.92 Å². The van der Waals surface area contributed by atoms with Gasteiger partial charge in [-0.05, 0) is 25.5 Å². The predicted octanol–water partition coefficient (Wildman–Crippen LogP) is 2.13. The molecule has 7 heteroatoms. The lowest BCUT2D eigenvalue weighted by Gasteiger charge is -2.12. The van der Waals surface area contributed by atoms with Crippen molar-refractivity contribution in [3.63, 3.8) is 0 Å². The van der Waals surface area contributed by atoms with E-state index < -0.39 is 22.7 Å². The summed E-state index contributed by atoms with van der Waals surface area (Å²) >= 11 is 0. The summed E-state index contributed by atoms with van der Waals surface area (Å²) in [6.45, 7) is 3.46. The Morgan fingerprint density at radius 1 is 1.43 bits per heavy atom. The average molecular weight is 294 g/mol. The van der Waals surface area contributed by atoms with Crippen LogP contribution in [0, 0.1) is 23.0 Å². The molecule has 0 saturated heterocycles. The molecule has 0 fully saturated rings. The van der Waals surface area contributed by atoms with Gasteiger partial charge in [0.15, 0.2) is 0 Å². The van der Waals surface area contributed by atoms with Crippen LogP contribution in [0.2, 0.25) is 0 Å². The number of nitrogens with one attached hydrogen (secondary N) is 1. The third-order valence-corrected chi connectivity index (χ3v) is 3.15. The summed E-state index contributed by atoms with van der Waals surface area (Å²) in [6.07, 6.45) is 1.19. The fraction of sp³-hybridized carbons (Fsp3) is 0.429. The smallest absolute Gasteiger partial charge is 0.308 e. The molecular formula is C14H18N2O5. The van der Waals surface area contributed by atoms with E-state index in [0.717, 1.165) is 0 Å². The van der Waals surface area contributed by atoms with Crippen molar-refractivity contribution in [3.8, 4) is 0 Å². The van der Waals surface area contributed by atoms with E-state index in [-0.39, 0.29) is 17.8 Å². The minimum Gasteiger partial charge on any atom is -0.481 e. The Labute approximate surface area is 122 Å². The average Bonchev–Trinajstić information content (AvgIpc) is 2.42. The number of benzene rings is 1. The Morgan fingerprint density at radius 2 is 2.10 bits per heavy atom. The molecule has 0 spiro atoms. The van der Waals surface area contributed by atoms with Gasteiger partial charge in [0.1, 0.15) is 0 Å². The number of aliphatic carboxylic acids is 1. The predicted molar refractivity (Wildman–Crippen MR) is 76.2 cm³/mol. The fourth-order valence-electron chi connectivity index (χ4n) is 1.98. The zero-order valence-corrected chi connectivity index (χ0v) is 12.0. The molecule has 0 aromatic heterocycles. The van der Waals surface area contributed by atoms with Gasteiger partial charge in [-0.1, -0.05) is 13.3 Å². The highest BCUT2D eigenvalue weighted by atomic mass is 16.6. The van der Waals surface area contributed by atoms with Gasteiger partial charge in [-0.2, -0.15) is 0 Å². The second kappa shape index (κ2) is 7.37. The lowest BCUT2D eigenvalue weighted by atomic mass is 10.0. The third-order valence-electron chi connectivity index (χ3n) is 3.15. The SMILES string of the molecule is CCCC(CNC(=O)c1ccc([N+](=O)[O-])c(C)c1)C(=O)O. The van der Waals surface area contributed by atoms with Gasteiger partial charge in [0.25, 0.3) is 11.6 Å². The van der Waals surface area contributed by atoms with Crippen LogP contribution >= 0.6 is 0 Å². The van der Waals surface area contributed by atoms with Crippen molar-refractivity contribution in [1.82, 2.24) is 5.32 Å². The molecule has 7 nitrogen and oxygen atoms in total. The summed E-state index contributed by atoms with van der Waals surface area (Å²) in [5.41, 5.74) is 0.607. The minimum atomic E-state index is -0.947. The first-order valence-electron chi connectivity index (χ1n) is 6.62. The molecule has 0 aliphatic carbocycles. The minimum absolute atomic E-state index is 0.0397. The van der Waals surface area contributed by atoms with Crippen molar-refractivity contribution in [2.24, 2.45) is 5.92 Å². The lowest BCUT2D eigenvalue weighted by Crippen LogP contribution is -2.32. The maximum Gasteiger partial charge on any atom is 0.308 e. The Morgan fingerprint density at radius 3 is 2.57 bits per heavy atom. The van der Waals surface area contributed by atoms with Crippen LogP contribution in [0.15, 0.2) is 18.2 Å². The van der Waals surface area contributed by atoms with E-state index in [4.69, 9.17) is 5.11 Å². The number of hydrogen-bond acceptors (Lipinski definition) is 4. The third kappa shape index (κ3) is 4.55. The molecule has 0 aliphatic heterocycles. The second-order valence-electron chi connectivity index (χ2n) is 4.79. The van der Waals surface area contributed by atoms with Crippen LogP contribution in [0.3, 0.4) is 0 Å². The molecule has 1 aromatic rings. The molecule has 1 aromatic carbocycles. The van der Waals surface area contributed by atoms with Crippen LogP contribution in [0.25, 0.3) is 0 Å². The summed E-state index contributed by atoms with van der Waals surface area (Å²) in [4.78, 5) is 33.1. The van der Waals surface area contributed by atoms with Gasteiger partial charge < -0.3 is 10.4 Å². The number of rotatable bonds is 7. The molecule has 2 N–H and O–H groups in total. The standard InChI is InChI=1S/C14H18N2O5/c1-3-4-11(14(18)19)8-15-13(17)10-5-6-12(16(20)21)9(2)7-10/h5-7,11H,3-4,8H2,1-2H3,(H,15,17)(H,18,19). The van der Waals surface area contributed by atoms with Gasteiger partial charge >= 0.3 is 5.97 Å². The molecule has 21 heavy (non-hydrogen) atoms. The Hall–Kier alpha value is -2.44. The molecule has 114 valence electrons. The molecule has 0 radical (unpaired) electrons. The molecule has 0 bridgehead atoms. The molecule has 1 atom stereocenters. The van der Waals surface area contributed by atoms with Crippen molar-refractivity contribution in [2.45, 2.75) is 26.7 Å². The van der Waals surface area contributed by atoms with Crippen molar-refractivity contribution in [3.05, 3.63) is 39.4 Å². The highest BCUT2D eigenvalue weighted by Crippen LogP contribution is 2.18. The first-order valence-corrected chi connectivity index (χ1v) is 6.62. The van der Waals surface area contributed by atoms with E-state index in [1.165, 1.54) is 18.2 Å². The molecule has 1 unspecified atom stereocenters. The molecule has 0 aliphatic rings. The van der Waals surface area contributed by atoms with E-state index >= 15 is 0 Å². The van der Waals surface area contributed by atoms with Gasteiger partial charge in [0, 0.05) is 23.7 Å². The molecular weight excluding hydrogens is 276 g/mol. The number of nitro groups is 1. The molecule has 1 amide bonds. The Balaban J connectivity index is 2.74. The number of aryl methyl sites for hydroxylation is 1. The first kappa shape index (κ1) is 16.6. The zero-order valence-electron chi connectivity index (χ0n) is 12.0. The quantitative estimate of drug-likeness (QED) is 0.591. The van der Waals surface area contributed by atoms with Gasteiger partial charge in [0.05, 0.1) is 10.8 Å². The topological polar surface area (TPSA) is 110 Å². The summed E-state index contributed by atoms with van der Waals surface area (Å²) in [5, 5.41) is 22.3. The maximum absolute atomic E-state index is 11.9. The summed E-state index contributed by atoms with van der Waals surface area (Å²) in [7, 11) is 0. The number of amides is 1. The van der Waals surface area contributed by atoms with Gasteiger partial charge in [-0.25, -0.2) is 0 Å². The fourth-order valence-corrected chi connectivity index (χ4v) is 1.98. The number of nitro benzene ring substituents is 1. The second-order valence-corrected chi connectivity index (χ2v) is 4.79. The lowest BCUT2D eigenvalue weighted by molar-refractivity contribution is -0.385. The summed E-state index contributed by atoms with van der Waals surface area (Å²) in [6, 6.07) is 4.05. The molecule has 0 heterocycles. The van der Waals surface area contributed by atoms with E-state index in [1.54, 1.807) is 6.92 Å². The van der Waals surface area contributed by atoms with Crippen LogP contribution in [0.5, 0.6) is 0 Å².